The highest BCUT2D eigenvalue weighted by atomic mass is 16.5. The minimum atomic E-state index is -0.265. The monoisotopic (exact) mass is 260 g/mol. The van der Waals surface area contributed by atoms with E-state index in [4.69, 9.17) is 9.15 Å². The lowest BCUT2D eigenvalue weighted by Gasteiger charge is -2.24. The Labute approximate surface area is 111 Å². The molecule has 0 amide bonds. The van der Waals surface area contributed by atoms with Crippen LogP contribution in [0.5, 0.6) is 0 Å². The van der Waals surface area contributed by atoms with Crippen molar-refractivity contribution in [2.75, 3.05) is 26.3 Å². The molecule has 0 saturated carbocycles. The van der Waals surface area contributed by atoms with Crippen LogP contribution >= 0.6 is 0 Å². The minimum Gasteiger partial charge on any atom is -0.423 e. The SMILES string of the molecule is Cc1ccc2oc(=O)cc(C[NH+]3CCOCC3)c2c1. The first-order valence-corrected chi connectivity index (χ1v) is 6.67. The van der Waals surface area contributed by atoms with Gasteiger partial charge >= 0.3 is 5.63 Å². The lowest BCUT2D eigenvalue weighted by Crippen LogP contribution is -3.12. The third-order valence-corrected chi connectivity index (χ3v) is 3.62. The number of nitrogens with one attached hydrogen (secondary N) is 1. The second-order valence-corrected chi connectivity index (χ2v) is 5.13. The summed E-state index contributed by atoms with van der Waals surface area (Å²) >= 11 is 0. The summed E-state index contributed by atoms with van der Waals surface area (Å²) in [6.07, 6.45) is 0. The summed E-state index contributed by atoms with van der Waals surface area (Å²) in [5.41, 5.74) is 2.67. The maximum atomic E-state index is 11.6. The Hall–Kier alpha value is -1.65. The molecule has 0 radical (unpaired) electrons. The van der Waals surface area contributed by atoms with Gasteiger partial charge in [0.15, 0.2) is 0 Å². The van der Waals surface area contributed by atoms with E-state index < -0.39 is 0 Å². The van der Waals surface area contributed by atoms with Crippen LogP contribution < -0.4 is 10.5 Å². The molecular weight excluding hydrogens is 242 g/mol. The molecule has 1 aromatic carbocycles. The molecule has 100 valence electrons. The molecule has 1 aliphatic rings. The van der Waals surface area contributed by atoms with E-state index in [1.165, 1.54) is 10.5 Å². The van der Waals surface area contributed by atoms with Gasteiger partial charge in [-0.15, -0.1) is 0 Å². The van der Waals surface area contributed by atoms with Crippen LogP contribution in [0.3, 0.4) is 0 Å². The average Bonchev–Trinajstić information content (AvgIpc) is 2.41. The number of fused-ring (bicyclic) bond motifs is 1. The van der Waals surface area contributed by atoms with Gasteiger partial charge in [-0.3, -0.25) is 0 Å². The van der Waals surface area contributed by atoms with Gasteiger partial charge in [0.25, 0.3) is 0 Å². The van der Waals surface area contributed by atoms with E-state index >= 15 is 0 Å². The van der Waals surface area contributed by atoms with Gasteiger partial charge < -0.3 is 14.1 Å². The van der Waals surface area contributed by atoms with Gasteiger partial charge in [0, 0.05) is 17.0 Å². The van der Waals surface area contributed by atoms with Crippen LogP contribution in [0.1, 0.15) is 11.1 Å². The van der Waals surface area contributed by atoms with Crippen molar-refractivity contribution in [3.8, 4) is 0 Å². The highest BCUT2D eigenvalue weighted by Gasteiger charge is 2.16. The molecule has 0 bridgehead atoms. The zero-order chi connectivity index (χ0) is 13.2. The number of hydrogen-bond donors (Lipinski definition) is 1. The van der Waals surface area contributed by atoms with E-state index in [2.05, 4.69) is 13.0 Å². The molecule has 1 saturated heterocycles. The van der Waals surface area contributed by atoms with Crippen LogP contribution in [-0.2, 0) is 11.3 Å². The third-order valence-electron chi connectivity index (χ3n) is 3.62. The van der Waals surface area contributed by atoms with Crippen molar-refractivity contribution in [3.05, 3.63) is 45.8 Å². The molecule has 1 fully saturated rings. The van der Waals surface area contributed by atoms with E-state index in [0.717, 1.165) is 43.8 Å². The van der Waals surface area contributed by atoms with E-state index in [9.17, 15) is 4.79 Å². The van der Waals surface area contributed by atoms with Gasteiger partial charge in [-0.25, -0.2) is 4.79 Å². The Balaban J connectivity index is 2.00. The van der Waals surface area contributed by atoms with E-state index in [1.807, 2.05) is 12.1 Å². The summed E-state index contributed by atoms with van der Waals surface area (Å²) in [5, 5.41) is 1.05. The number of ether oxygens (including phenoxy) is 1. The van der Waals surface area contributed by atoms with Crippen LogP contribution in [0.15, 0.2) is 33.5 Å². The Kier molecular flexibility index (Phi) is 3.36. The van der Waals surface area contributed by atoms with Crippen LogP contribution in [0.4, 0.5) is 0 Å². The second kappa shape index (κ2) is 5.15. The first-order chi connectivity index (χ1) is 9.22. The summed E-state index contributed by atoms with van der Waals surface area (Å²) in [6.45, 7) is 6.49. The van der Waals surface area contributed by atoms with Gasteiger partial charge in [0.1, 0.15) is 25.2 Å². The van der Waals surface area contributed by atoms with E-state index in [-0.39, 0.29) is 5.63 Å². The standard InChI is InChI=1S/C15H17NO3/c1-11-2-3-14-13(8-11)12(9-15(17)19-14)10-16-4-6-18-7-5-16/h2-3,8-9H,4-7,10H2,1H3/p+1. The summed E-state index contributed by atoms with van der Waals surface area (Å²) in [7, 11) is 0. The maximum absolute atomic E-state index is 11.6. The Bertz CT molecular complexity index is 641. The quantitative estimate of drug-likeness (QED) is 0.801. The Morgan fingerprint density at radius 2 is 2.00 bits per heavy atom. The largest absolute Gasteiger partial charge is 0.423 e. The zero-order valence-electron chi connectivity index (χ0n) is 11.1. The van der Waals surface area contributed by atoms with Crippen LogP contribution in [-0.4, -0.2) is 26.3 Å². The van der Waals surface area contributed by atoms with Gasteiger partial charge in [0.05, 0.1) is 13.2 Å². The molecule has 0 unspecified atom stereocenters. The topological polar surface area (TPSA) is 43.9 Å². The summed E-state index contributed by atoms with van der Waals surface area (Å²) < 4.78 is 10.6. The van der Waals surface area contributed by atoms with Crippen molar-refractivity contribution in [1.29, 1.82) is 0 Å². The molecule has 4 nitrogen and oxygen atoms in total. The normalized spacial score (nSPS) is 16.9. The fraction of sp³-hybridized carbons (Fsp3) is 0.400. The molecule has 4 heteroatoms. The molecular formula is C15H18NO3+. The Morgan fingerprint density at radius 3 is 2.79 bits per heavy atom. The number of quaternary nitrogens is 1. The number of rotatable bonds is 2. The van der Waals surface area contributed by atoms with Gasteiger partial charge in [0.2, 0.25) is 0 Å². The molecule has 1 N–H and O–H groups in total. The fourth-order valence-corrected chi connectivity index (χ4v) is 2.59. The molecule has 0 atom stereocenters. The third kappa shape index (κ3) is 2.69. The lowest BCUT2D eigenvalue weighted by molar-refractivity contribution is -0.921. The van der Waals surface area contributed by atoms with Crippen molar-refractivity contribution in [1.82, 2.24) is 0 Å². The maximum Gasteiger partial charge on any atom is 0.336 e. The average molecular weight is 260 g/mol. The molecule has 2 aromatic rings. The summed E-state index contributed by atoms with van der Waals surface area (Å²) in [4.78, 5) is 13.1. The predicted molar refractivity (Wildman–Crippen MR) is 72.4 cm³/mol. The molecule has 0 spiro atoms. The number of morpholine rings is 1. The van der Waals surface area contributed by atoms with Crippen LogP contribution in [0.2, 0.25) is 0 Å². The van der Waals surface area contributed by atoms with Gasteiger partial charge in [-0.2, -0.15) is 0 Å². The molecule has 0 aliphatic carbocycles. The molecule has 1 aliphatic heterocycles. The fourth-order valence-electron chi connectivity index (χ4n) is 2.59. The molecule has 1 aromatic heterocycles. The van der Waals surface area contributed by atoms with Crippen LogP contribution in [0.25, 0.3) is 11.0 Å². The molecule has 3 rings (SSSR count). The Morgan fingerprint density at radius 1 is 1.21 bits per heavy atom. The highest BCUT2D eigenvalue weighted by Crippen LogP contribution is 2.18. The first-order valence-electron chi connectivity index (χ1n) is 6.67. The number of benzene rings is 1. The second-order valence-electron chi connectivity index (χ2n) is 5.13. The first kappa shape index (κ1) is 12.4. The van der Waals surface area contributed by atoms with E-state index in [1.54, 1.807) is 6.07 Å². The smallest absolute Gasteiger partial charge is 0.336 e. The van der Waals surface area contributed by atoms with Crippen molar-refractivity contribution >= 4 is 11.0 Å². The van der Waals surface area contributed by atoms with Crippen molar-refractivity contribution in [2.45, 2.75) is 13.5 Å². The van der Waals surface area contributed by atoms with Crippen molar-refractivity contribution in [2.24, 2.45) is 0 Å². The molecule has 19 heavy (non-hydrogen) atoms. The minimum absolute atomic E-state index is 0.265. The number of hydrogen-bond acceptors (Lipinski definition) is 3. The van der Waals surface area contributed by atoms with Crippen molar-refractivity contribution < 1.29 is 14.1 Å². The lowest BCUT2D eigenvalue weighted by atomic mass is 10.1. The number of aryl methyl sites for hydroxylation is 1. The van der Waals surface area contributed by atoms with Gasteiger partial charge in [-0.1, -0.05) is 11.6 Å². The predicted octanol–water partition coefficient (Wildman–Crippen LogP) is 0.517. The van der Waals surface area contributed by atoms with E-state index in [0.29, 0.717) is 5.58 Å². The highest BCUT2D eigenvalue weighted by molar-refractivity contribution is 5.80. The van der Waals surface area contributed by atoms with Crippen LogP contribution in [0, 0.1) is 6.92 Å². The summed E-state index contributed by atoms with van der Waals surface area (Å²) in [6, 6.07) is 7.57. The zero-order valence-corrected chi connectivity index (χ0v) is 11.1. The molecule has 2 heterocycles. The van der Waals surface area contributed by atoms with Crippen molar-refractivity contribution in [3.63, 3.8) is 0 Å². The summed E-state index contributed by atoms with van der Waals surface area (Å²) in [5.74, 6) is 0. The van der Waals surface area contributed by atoms with Gasteiger partial charge in [-0.05, 0) is 19.1 Å².